The van der Waals surface area contributed by atoms with Crippen molar-refractivity contribution in [2.45, 2.75) is 40.3 Å². The molecule has 2 heterocycles. The molecular formula is C20H24N2. The lowest BCUT2D eigenvalue weighted by Crippen LogP contribution is -2.53. The van der Waals surface area contributed by atoms with Crippen molar-refractivity contribution < 1.29 is 0 Å². The van der Waals surface area contributed by atoms with Crippen LogP contribution in [0.4, 0.5) is 11.4 Å². The van der Waals surface area contributed by atoms with E-state index >= 15 is 0 Å². The number of hydrogen-bond donors (Lipinski definition) is 0. The molecule has 114 valence electrons. The van der Waals surface area contributed by atoms with Crippen LogP contribution in [0.15, 0.2) is 47.7 Å². The number of para-hydroxylation sites is 2. The van der Waals surface area contributed by atoms with Crippen molar-refractivity contribution in [1.29, 1.82) is 0 Å². The number of rotatable bonds is 0. The lowest BCUT2D eigenvalue weighted by molar-refractivity contribution is 0.320. The molecule has 22 heavy (non-hydrogen) atoms. The Hall–Kier alpha value is -1.70. The van der Waals surface area contributed by atoms with Gasteiger partial charge < -0.3 is 9.80 Å². The summed E-state index contributed by atoms with van der Waals surface area (Å²) < 4.78 is 0. The standard InChI is InChI=1S/C20H24N2/c1-18(2)11-10-13-16(18)22-15-9-7-6-8-14(15)21(5)17(22)20(4)12-19(13,20)3/h6-11,17H,12H2,1-5H3. The summed E-state index contributed by atoms with van der Waals surface area (Å²) in [5.74, 6) is 0. The Kier molecular flexibility index (Phi) is 1.92. The van der Waals surface area contributed by atoms with E-state index in [0.29, 0.717) is 17.0 Å². The van der Waals surface area contributed by atoms with Crippen LogP contribution in [0.2, 0.25) is 0 Å². The van der Waals surface area contributed by atoms with Crippen LogP contribution in [0.3, 0.4) is 0 Å². The zero-order chi connectivity index (χ0) is 15.5. The van der Waals surface area contributed by atoms with Crippen molar-refractivity contribution in [2.24, 2.45) is 16.2 Å². The van der Waals surface area contributed by atoms with Crippen LogP contribution in [0.25, 0.3) is 0 Å². The van der Waals surface area contributed by atoms with Crippen molar-refractivity contribution in [3.05, 3.63) is 47.7 Å². The highest BCUT2D eigenvalue weighted by Gasteiger charge is 2.73. The lowest BCUT2D eigenvalue weighted by atomic mass is 9.78. The van der Waals surface area contributed by atoms with Gasteiger partial charge >= 0.3 is 0 Å². The summed E-state index contributed by atoms with van der Waals surface area (Å²) in [4.78, 5) is 5.16. The van der Waals surface area contributed by atoms with E-state index in [2.05, 4.69) is 81.0 Å². The number of anilines is 2. The van der Waals surface area contributed by atoms with E-state index in [-0.39, 0.29) is 5.41 Å². The van der Waals surface area contributed by atoms with Gasteiger partial charge in [-0.25, -0.2) is 0 Å². The van der Waals surface area contributed by atoms with Crippen molar-refractivity contribution in [3.8, 4) is 0 Å². The van der Waals surface area contributed by atoms with E-state index in [1.807, 2.05) is 0 Å². The fourth-order valence-electron chi connectivity index (χ4n) is 5.51. The van der Waals surface area contributed by atoms with Gasteiger partial charge in [-0.05, 0) is 24.1 Å². The molecule has 4 aliphatic rings. The van der Waals surface area contributed by atoms with Gasteiger partial charge in [0.15, 0.2) is 0 Å². The summed E-state index contributed by atoms with van der Waals surface area (Å²) in [6, 6.07) is 8.90. The highest BCUT2D eigenvalue weighted by Crippen LogP contribution is 2.77. The molecule has 0 amide bonds. The first-order valence-electron chi connectivity index (χ1n) is 8.37. The Balaban J connectivity index is 1.83. The third-order valence-corrected chi connectivity index (χ3v) is 6.93. The minimum Gasteiger partial charge on any atom is -0.352 e. The Morgan fingerprint density at radius 1 is 1.05 bits per heavy atom. The van der Waals surface area contributed by atoms with Crippen LogP contribution in [0.1, 0.15) is 34.1 Å². The van der Waals surface area contributed by atoms with Gasteiger partial charge in [0.2, 0.25) is 0 Å². The molecule has 0 spiro atoms. The summed E-state index contributed by atoms with van der Waals surface area (Å²) in [7, 11) is 2.27. The monoisotopic (exact) mass is 292 g/mol. The molecule has 1 aromatic rings. The highest BCUT2D eigenvalue weighted by molar-refractivity contribution is 5.83. The Morgan fingerprint density at radius 3 is 2.45 bits per heavy atom. The van der Waals surface area contributed by atoms with Gasteiger partial charge in [-0.2, -0.15) is 0 Å². The number of nitrogens with zero attached hydrogens (tertiary/aromatic N) is 2. The molecule has 5 rings (SSSR count). The SMILES string of the molecule is CN1c2ccccc2N2C3=C(C=CC3(C)C)C3(C)CC3(C)C12. The largest absolute Gasteiger partial charge is 0.352 e. The molecule has 2 nitrogen and oxygen atoms in total. The van der Waals surface area contributed by atoms with E-state index in [1.165, 1.54) is 23.5 Å². The van der Waals surface area contributed by atoms with Gasteiger partial charge in [0.25, 0.3) is 0 Å². The number of allylic oxidation sites excluding steroid dienone is 3. The zero-order valence-corrected chi connectivity index (χ0v) is 14.1. The predicted molar refractivity (Wildman–Crippen MR) is 91.9 cm³/mol. The van der Waals surface area contributed by atoms with Crippen LogP contribution in [0, 0.1) is 16.2 Å². The first-order valence-corrected chi connectivity index (χ1v) is 8.37. The minimum absolute atomic E-state index is 0.124. The smallest absolute Gasteiger partial charge is 0.112 e. The Morgan fingerprint density at radius 2 is 1.73 bits per heavy atom. The molecule has 2 aliphatic carbocycles. The van der Waals surface area contributed by atoms with Crippen molar-refractivity contribution in [3.63, 3.8) is 0 Å². The van der Waals surface area contributed by atoms with E-state index < -0.39 is 0 Å². The molecule has 0 bridgehead atoms. The van der Waals surface area contributed by atoms with Gasteiger partial charge in [0, 0.05) is 29.0 Å². The van der Waals surface area contributed by atoms with Gasteiger partial charge in [-0.15, -0.1) is 0 Å². The van der Waals surface area contributed by atoms with E-state index in [9.17, 15) is 0 Å². The third kappa shape index (κ3) is 1.11. The van der Waals surface area contributed by atoms with E-state index in [1.54, 1.807) is 5.57 Å². The molecule has 1 saturated carbocycles. The van der Waals surface area contributed by atoms with Crippen LogP contribution < -0.4 is 9.80 Å². The molecule has 0 radical (unpaired) electrons. The molecule has 3 atom stereocenters. The third-order valence-electron chi connectivity index (χ3n) is 6.93. The summed E-state index contributed by atoms with van der Waals surface area (Å²) in [5, 5.41) is 0. The van der Waals surface area contributed by atoms with Gasteiger partial charge in [-0.1, -0.05) is 52.0 Å². The quantitative estimate of drug-likeness (QED) is 0.692. The van der Waals surface area contributed by atoms with Crippen molar-refractivity contribution in [1.82, 2.24) is 0 Å². The molecule has 1 fully saturated rings. The summed E-state index contributed by atoms with van der Waals surface area (Å²) in [6.07, 6.45) is 6.56. The zero-order valence-electron chi connectivity index (χ0n) is 14.1. The maximum Gasteiger partial charge on any atom is 0.112 e. The first-order chi connectivity index (χ1) is 10.3. The van der Waals surface area contributed by atoms with Crippen LogP contribution in [-0.2, 0) is 0 Å². The van der Waals surface area contributed by atoms with Gasteiger partial charge in [-0.3, -0.25) is 0 Å². The van der Waals surface area contributed by atoms with Crippen molar-refractivity contribution >= 4 is 11.4 Å². The second kappa shape index (κ2) is 3.29. The van der Waals surface area contributed by atoms with Gasteiger partial charge in [0.1, 0.15) is 6.17 Å². The minimum atomic E-state index is 0.124. The molecular weight excluding hydrogens is 268 g/mol. The molecule has 3 unspecified atom stereocenters. The number of benzene rings is 1. The number of hydrogen-bond acceptors (Lipinski definition) is 2. The molecule has 2 aliphatic heterocycles. The molecule has 0 N–H and O–H groups in total. The Bertz CT molecular complexity index is 772. The maximum absolute atomic E-state index is 2.65. The Labute approximate surface area is 133 Å². The van der Waals surface area contributed by atoms with E-state index in [0.717, 1.165) is 0 Å². The normalized spacial score (nSPS) is 39.6. The predicted octanol–water partition coefficient (Wildman–Crippen LogP) is 4.55. The number of fused-ring (bicyclic) bond motifs is 7. The average Bonchev–Trinajstić information content (AvgIpc) is 2.74. The first kappa shape index (κ1) is 12.8. The average molecular weight is 292 g/mol. The van der Waals surface area contributed by atoms with Crippen LogP contribution >= 0.6 is 0 Å². The van der Waals surface area contributed by atoms with Crippen molar-refractivity contribution in [2.75, 3.05) is 16.8 Å². The van der Waals surface area contributed by atoms with Crippen LogP contribution in [-0.4, -0.2) is 13.2 Å². The molecule has 2 heteroatoms. The summed E-state index contributed by atoms with van der Waals surface area (Å²) in [5.41, 5.74) is 6.68. The molecule has 0 saturated heterocycles. The lowest BCUT2D eigenvalue weighted by Gasteiger charge is -2.46. The summed E-state index contributed by atoms with van der Waals surface area (Å²) in [6.45, 7) is 9.68. The molecule has 1 aromatic carbocycles. The maximum atomic E-state index is 2.65. The second-order valence-corrected chi connectivity index (χ2v) is 8.59. The van der Waals surface area contributed by atoms with Crippen LogP contribution in [0.5, 0.6) is 0 Å². The molecule has 0 aromatic heterocycles. The second-order valence-electron chi connectivity index (χ2n) is 8.59. The topological polar surface area (TPSA) is 6.48 Å². The fraction of sp³-hybridized carbons (Fsp3) is 0.500. The fourth-order valence-corrected chi connectivity index (χ4v) is 5.51. The summed E-state index contributed by atoms with van der Waals surface area (Å²) >= 11 is 0. The van der Waals surface area contributed by atoms with E-state index in [4.69, 9.17) is 0 Å². The van der Waals surface area contributed by atoms with Gasteiger partial charge in [0.05, 0.1) is 11.4 Å². The highest BCUT2D eigenvalue weighted by atomic mass is 15.4.